The van der Waals surface area contributed by atoms with Crippen molar-refractivity contribution in [1.82, 2.24) is 10.2 Å². The van der Waals surface area contributed by atoms with Gasteiger partial charge >= 0.3 is 0 Å². The quantitative estimate of drug-likeness (QED) is 0.649. The molecule has 1 N–H and O–H groups in total. The van der Waals surface area contributed by atoms with Gasteiger partial charge in [0.1, 0.15) is 5.54 Å². The fourth-order valence-corrected chi connectivity index (χ4v) is 2.23. The van der Waals surface area contributed by atoms with Crippen LogP contribution < -0.4 is 5.32 Å². The Morgan fingerprint density at radius 3 is 2.50 bits per heavy atom. The molecular weight excluding hydrogens is 222 g/mol. The van der Waals surface area contributed by atoms with Gasteiger partial charge in [-0.15, -0.1) is 0 Å². The normalized spacial score (nSPS) is 18.6. The van der Waals surface area contributed by atoms with E-state index in [0.29, 0.717) is 0 Å². The Morgan fingerprint density at radius 1 is 1.28 bits per heavy atom. The molecule has 18 heavy (non-hydrogen) atoms. The molecule has 1 fully saturated rings. The van der Waals surface area contributed by atoms with Gasteiger partial charge in [-0.25, -0.2) is 0 Å². The highest BCUT2D eigenvalue weighted by atomic mass is 15.2. The molecule has 1 aliphatic carbocycles. The number of nitrogens with zero attached hydrogens (tertiary/aromatic N) is 2. The van der Waals surface area contributed by atoms with Gasteiger partial charge < -0.3 is 4.90 Å². The van der Waals surface area contributed by atoms with Gasteiger partial charge in [-0.05, 0) is 52.1 Å². The second kappa shape index (κ2) is 7.76. The van der Waals surface area contributed by atoms with Crippen LogP contribution in [-0.4, -0.2) is 36.1 Å². The number of nitrogens with one attached hydrogen (secondary N) is 1. The van der Waals surface area contributed by atoms with Crippen LogP contribution in [0.3, 0.4) is 0 Å². The molecule has 0 heterocycles. The summed E-state index contributed by atoms with van der Waals surface area (Å²) in [6, 6.07) is 3.26. The first-order chi connectivity index (χ1) is 8.65. The van der Waals surface area contributed by atoms with Gasteiger partial charge in [-0.2, -0.15) is 5.26 Å². The Morgan fingerprint density at radius 2 is 2.00 bits per heavy atom. The van der Waals surface area contributed by atoms with E-state index in [9.17, 15) is 5.26 Å². The average Bonchev–Trinajstić information content (AvgIpc) is 3.21. The van der Waals surface area contributed by atoms with E-state index in [1.54, 1.807) is 0 Å². The van der Waals surface area contributed by atoms with E-state index in [-0.39, 0.29) is 5.54 Å². The molecule has 104 valence electrons. The van der Waals surface area contributed by atoms with Crippen LogP contribution in [0.15, 0.2) is 0 Å². The number of hydrogen-bond donors (Lipinski definition) is 1. The Labute approximate surface area is 113 Å². The van der Waals surface area contributed by atoms with Gasteiger partial charge in [0, 0.05) is 12.6 Å². The lowest BCUT2D eigenvalue weighted by Gasteiger charge is -2.28. The maximum Gasteiger partial charge on any atom is 0.105 e. The summed E-state index contributed by atoms with van der Waals surface area (Å²) < 4.78 is 0. The van der Waals surface area contributed by atoms with E-state index in [1.165, 1.54) is 32.2 Å². The van der Waals surface area contributed by atoms with E-state index in [4.69, 9.17) is 0 Å². The first-order valence-corrected chi connectivity index (χ1v) is 7.55. The maximum absolute atomic E-state index is 9.32. The zero-order valence-corrected chi connectivity index (χ0v) is 12.3. The fraction of sp³-hybridized carbons (Fsp3) is 0.933. The average molecular weight is 251 g/mol. The van der Waals surface area contributed by atoms with Crippen molar-refractivity contribution in [1.29, 1.82) is 5.26 Å². The van der Waals surface area contributed by atoms with Crippen molar-refractivity contribution in [2.24, 2.45) is 0 Å². The maximum atomic E-state index is 9.32. The van der Waals surface area contributed by atoms with Crippen LogP contribution >= 0.6 is 0 Å². The van der Waals surface area contributed by atoms with Crippen LogP contribution in [0, 0.1) is 11.3 Å². The van der Waals surface area contributed by atoms with Gasteiger partial charge in [0.15, 0.2) is 0 Å². The Kier molecular flexibility index (Phi) is 6.67. The van der Waals surface area contributed by atoms with E-state index >= 15 is 0 Å². The Bertz CT molecular complexity index is 267. The number of unbranched alkanes of at least 4 members (excludes halogenated alkanes) is 1. The summed E-state index contributed by atoms with van der Waals surface area (Å²) in [5.74, 6) is 0. The summed E-state index contributed by atoms with van der Waals surface area (Å²) in [4.78, 5) is 2.59. The molecule has 0 radical (unpaired) electrons. The molecule has 0 saturated heterocycles. The van der Waals surface area contributed by atoms with E-state index in [2.05, 4.69) is 30.1 Å². The minimum Gasteiger partial charge on any atom is -0.300 e. The van der Waals surface area contributed by atoms with Gasteiger partial charge in [0.2, 0.25) is 0 Å². The summed E-state index contributed by atoms with van der Waals surface area (Å²) >= 11 is 0. The second-order valence-electron chi connectivity index (χ2n) is 5.74. The van der Waals surface area contributed by atoms with Gasteiger partial charge in [0.05, 0.1) is 6.07 Å². The molecule has 0 aromatic carbocycles. The highest BCUT2D eigenvalue weighted by Gasteiger charge is 2.31. The lowest BCUT2D eigenvalue weighted by molar-refractivity contribution is 0.232. The lowest BCUT2D eigenvalue weighted by Crippen LogP contribution is -2.44. The summed E-state index contributed by atoms with van der Waals surface area (Å²) in [5, 5.41) is 12.7. The molecule has 0 aromatic heterocycles. The van der Waals surface area contributed by atoms with Crippen LogP contribution in [0.25, 0.3) is 0 Å². The first-order valence-electron chi connectivity index (χ1n) is 7.55. The molecule has 3 nitrogen and oxygen atoms in total. The standard InChI is InChI=1S/C15H29N3/c1-4-6-11-18(14-7-8-14)12-9-15(3,13-16)17-10-5-2/h14,17H,4-12H2,1-3H3. The first kappa shape index (κ1) is 15.5. The van der Waals surface area contributed by atoms with E-state index in [0.717, 1.165) is 32.0 Å². The van der Waals surface area contributed by atoms with Gasteiger partial charge in [0.25, 0.3) is 0 Å². The van der Waals surface area contributed by atoms with Crippen molar-refractivity contribution in [3.05, 3.63) is 0 Å². The number of hydrogen-bond acceptors (Lipinski definition) is 3. The molecule has 0 bridgehead atoms. The minimum atomic E-state index is -0.352. The van der Waals surface area contributed by atoms with Crippen LogP contribution in [0.4, 0.5) is 0 Å². The fourth-order valence-electron chi connectivity index (χ4n) is 2.23. The van der Waals surface area contributed by atoms with Crippen LogP contribution in [-0.2, 0) is 0 Å². The predicted molar refractivity (Wildman–Crippen MR) is 76.4 cm³/mol. The van der Waals surface area contributed by atoms with E-state index in [1.807, 2.05) is 6.92 Å². The third kappa shape index (κ3) is 5.37. The van der Waals surface area contributed by atoms with E-state index < -0.39 is 0 Å². The second-order valence-corrected chi connectivity index (χ2v) is 5.74. The zero-order valence-electron chi connectivity index (χ0n) is 12.3. The largest absolute Gasteiger partial charge is 0.300 e. The molecule has 1 unspecified atom stereocenters. The predicted octanol–water partition coefficient (Wildman–Crippen LogP) is 2.92. The molecule has 0 aliphatic heterocycles. The van der Waals surface area contributed by atoms with Crippen molar-refractivity contribution < 1.29 is 0 Å². The molecule has 3 heteroatoms. The van der Waals surface area contributed by atoms with Gasteiger partial charge in [-0.1, -0.05) is 20.3 Å². The van der Waals surface area contributed by atoms with Crippen molar-refractivity contribution in [2.75, 3.05) is 19.6 Å². The molecule has 1 rings (SSSR count). The monoisotopic (exact) mass is 251 g/mol. The third-order valence-corrected chi connectivity index (χ3v) is 3.77. The molecule has 0 aromatic rings. The summed E-state index contributed by atoms with van der Waals surface area (Å²) in [6.45, 7) is 9.62. The number of nitriles is 1. The zero-order chi connectivity index (χ0) is 13.4. The van der Waals surface area contributed by atoms with Crippen molar-refractivity contribution in [3.63, 3.8) is 0 Å². The minimum absolute atomic E-state index is 0.352. The topological polar surface area (TPSA) is 39.1 Å². The third-order valence-electron chi connectivity index (χ3n) is 3.77. The molecular formula is C15H29N3. The molecule has 0 spiro atoms. The SMILES string of the molecule is CCCCN(CCC(C)(C#N)NCCC)C1CC1. The lowest BCUT2D eigenvalue weighted by atomic mass is 9.99. The highest BCUT2D eigenvalue weighted by molar-refractivity contribution is 5.04. The van der Waals surface area contributed by atoms with Crippen molar-refractivity contribution >= 4 is 0 Å². The smallest absolute Gasteiger partial charge is 0.105 e. The van der Waals surface area contributed by atoms with Crippen LogP contribution in [0.5, 0.6) is 0 Å². The highest BCUT2D eigenvalue weighted by Crippen LogP contribution is 2.28. The molecule has 1 atom stereocenters. The van der Waals surface area contributed by atoms with Crippen LogP contribution in [0.2, 0.25) is 0 Å². The molecule has 1 saturated carbocycles. The van der Waals surface area contributed by atoms with Gasteiger partial charge in [-0.3, -0.25) is 5.32 Å². The summed E-state index contributed by atoms with van der Waals surface area (Å²) in [5.41, 5.74) is -0.352. The molecule has 1 aliphatic rings. The molecule has 0 amide bonds. The van der Waals surface area contributed by atoms with Crippen LogP contribution in [0.1, 0.15) is 59.3 Å². The van der Waals surface area contributed by atoms with Crippen molar-refractivity contribution in [2.45, 2.75) is 70.9 Å². The Hall–Kier alpha value is -0.590. The summed E-state index contributed by atoms with van der Waals surface area (Å²) in [6.07, 6.45) is 7.27. The Balaban J connectivity index is 2.36. The summed E-state index contributed by atoms with van der Waals surface area (Å²) in [7, 11) is 0. The van der Waals surface area contributed by atoms with Crippen molar-refractivity contribution in [3.8, 4) is 6.07 Å². The number of rotatable bonds is 10.